The van der Waals surface area contributed by atoms with Crippen LogP contribution < -0.4 is 34.7 Å². The normalized spacial score (nSPS) is 8.11. The predicted octanol–water partition coefficient (Wildman–Crippen LogP) is -1.58. The fourth-order valence-corrected chi connectivity index (χ4v) is 0.647. The molecule has 1 nitrogen and oxygen atoms in total. The van der Waals surface area contributed by atoms with Crippen LogP contribution in [0.25, 0.3) is 0 Å². The van der Waals surface area contributed by atoms with Gasteiger partial charge in [0.05, 0.1) is 0 Å². The maximum Gasteiger partial charge on any atom is 1.00 e. The molecule has 0 aliphatic carbocycles. The SMILES string of the molecule is [Na+].[O-]c1cccc(Cl)c1. The van der Waals surface area contributed by atoms with E-state index in [1.807, 2.05) is 0 Å². The minimum absolute atomic E-state index is 0. The van der Waals surface area contributed by atoms with Crippen LogP contribution in [-0.4, -0.2) is 0 Å². The van der Waals surface area contributed by atoms with Crippen LogP contribution >= 0.6 is 11.6 Å². The summed E-state index contributed by atoms with van der Waals surface area (Å²) in [6.07, 6.45) is 0. The number of hydrogen-bond donors (Lipinski definition) is 0. The number of rotatable bonds is 0. The summed E-state index contributed by atoms with van der Waals surface area (Å²) in [6.45, 7) is 0. The Morgan fingerprint density at radius 1 is 1.33 bits per heavy atom. The Labute approximate surface area is 80.9 Å². The molecule has 1 rings (SSSR count). The molecule has 1 aromatic rings. The van der Waals surface area contributed by atoms with Crippen molar-refractivity contribution in [3.63, 3.8) is 0 Å². The third-order valence-corrected chi connectivity index (χ3v) is 1.03. The second-order valence-corrected chi connectivity index (χ2v) is 1.89. The summed E-state index contributed by atoms with van der Waals surface area (Å²) in [5.41, 5.74) is 0. The topological polar surface area (TPSA) is 23.1 Å². The molecule has 0 bridgehead atoms. The Balaban J connectivity index is 0.000000640. The van der Waals surface area contributed by atoms with Gasteiger partial charge >= 0.3 is 29.6 Å². The molecular weight excluding hydrogens is 147 g/mol. The molecule has 0 heterocycles. The zero-order valence-corrected chi connectivity index (χ0v) is 7.85. The van der Waals surface area contributed by atoms with Crippen molar-refractivity contribution < 1.29 is 34.7 Å². The van der Waals surface area contributed by atoms with Crippen molar-refractivity contribution >= 4 is 11.6 Å². The van der Waals surface area contributed by atoms with Gasteiger partial charge in [-0.1, -0.05) is 29.8 Å². The van der Waals surface area contributed by atoms with Gasteiger partial charge in [0.1, 0.15) is 0 Å². The van der Waals surface area contributed by atoms with Gasteiger partial charge in [-0.15, -0.1) is 5.75 Å². The van der Waals surface area contributed by atoms with Gasteiger partial charge in [-0.3, -0.25) is 0 Å². The largest absolute Gasteiger partial charge is 1.00 e. The Hall–Kier alpha value is 0.310. The molecule has 9 heavy (non-hydrogen) atoms. The number of halogens is 1. The molecule has 0 aromatic heterocycles. The van der Waals surface area contributed by atoms with Crippen LogP contribution in [0.3, 0.4) is 0 Å². The van der Waals surface area contributed by atoms with Gasteiger partial charge < -0.3 is 5.11 Å². The third-order valence-electron chi connectivity index (χ3n) is 0.796. The van der Waals surface area contributed by atoms with E-state index in [-0.39, 0.29) is 35.3 Å². The average Bonchev–Trinajstić information content (AvgIpc) is 1.64. The molecule has 0 spiro atoms. The van der Waals surface area contributed by atoms with Gasteiger partial charge in [0, 0.05) is 5.02 Å². The molecule has 1 aromatic carbocycles. The summed E-state index contributed by atoms with van der Waals surface area (Å²) in [7, 11) is 0. The first kappa shape index (κ1) is 9.31. The molecule has 0 atom stereocenters. The van der Waals surface area contributed by atoms with Crippen LogP contribution in [0.4, 0.5) is 0 Å². The molecule has 0 unspecified atom stereocenters. The van der Waals surface area contributed by atoms with Gasteiger partial charge in [0.2, 0.25) is 0 Å². The average molecular weight is 151 g/mol. The Morgan fingerprint density at radius 3 is 2.33 bits per heavy atom. The van der Waals surface area contributed by atoms with Gasteiger partial charge in [0.25, 0.3) is 0 Å². The van der Waals surface area contributed by atoms with E-state index in [9.17, 15) is 5.11 Å². The molecule has 0 radical (unpaired) electrons. The summed E-state index contributed by atoms with van der Waals surface area (Å²) in [6, 6.07) is 6.14. The third kappa shape index (κ3) is 3.11. The van der Waals surface area contributed by atoms with Crippen molar-refractivity contribution in [2.45, 2.75) is 0 Å². The van der Waals surface area contributed by atoms with E-state index in [2.05, 4.69) is 0 Å². The van der Waals surface area contributed by atoms with Crippen LogP contribution in [-0.2, 0) is 0 Å². The molecule has 0 N–H and O–H groups in total. The standard InChI is InChI=1S/C6H5ClO.Na/c7-5-2-1-3-6(8)4-5;/h1-4,8H;/q;+1/p-1. The van der Waals surface area contributed by atoms with E-state index < -0.39 is 0 Å². The van der Waals surface area contributed by atoms with Crippen molar-refractivity contribution in [1.82, 2.24) is 0 Å². The maximum atomic E-state index is 10.4. The number of hydrogen-bond acceptors (Lipinski definition) is 1. The van der Waals surface area contributed by atoms with Crippen LogP contribution in [0.1, 0.15) is 0 Å². The first-order chi connectivity index (χ1) is 3.79. The van der Waals surface area contributed by atoms with Gasteiger partial charge in [-0.2, -0.15) is 0 Å². The first-order valence-corrected chi connectivity index (χ1v) is 2.59. The minimum atomic E-state index is -0.0440. The Morgan fingerprint density at radius 2 is 2.00 bits per heavy atom. The summed E-state index contributed by atoms with van der Waals surface area (Å²) in [5, 5.41) is 10.9. The molecular formula is C6H4ClNaO. The summed E-state index contributed by atoms with van der Waals surface area (Å²) < 4.78 is 0. The van der Waals surface area contributed by atoms with Gasteiger partial charge in [-0.25, -0.2) is 0 Å². The van der Waals surface area contributed by atoms with Crippen LogP contribution in [0, 0.1) is 0 Å². The fraction of sp³-hybridized carbons (Fsp3) is 0. The maximum absolute atomic E-state index is 10.4. The smallest absolute Gasteiger partial charge is 0.872 e. The van der Waals surface area contributed by atoms with Crippen molar-refractivity contribution in [1.29, 1.82) is 0 Å². The van der Waals surface area contributed by atoms with Crippen LogP contribution in [0.2, 0.25) is 5.02 Å². The second-order valence-electron chi connectivity index (χ2n) is 1.46. The molecule has 0 fully saturated rings. The van der Waals surface area contributed by atoms with Crippen molar-refractivity contribution in [3.8, 4) is 5.75 Å². The van der Waals surface area contributed by atoms with Gasteiger partial charge in [-0.05, 0) is 6.07 Å². The Bertz CT molecular complexity index is 173. The second kappa shape index (κ2) is 4.18. The molecule has 0 saturated carbocycles. The van der Waals surface area contributed by atoms with Crippen molar-refractivity contribution in [3.05, 3.63) is 29.3 Å². The van der Waals surface area contributed by atoms with E-state index in [0.29, 0.717) is 5.02 Å². The predicted molar refractivity (Wildman–Crippen MR) is 30.9 cm³/mol. The van der Waals surface area contributed by atoms with Gasteiger partial charge in [0.15, 0.2) is 0 Å². The molecule has 0 saturated heterocycles. The zero-order valence-electron chi connectivity index (χ0n) is 5.10. The number of benzene rings is 1. The molecule has 42 valence electrons. The first-order valence-electron chi connectivity index (χ1n) is 2.21. The summed E-state index contributed by atoms with van der Waals surface area (Å²) in [4.78, 5) is 0. The summed E-state index contributed by atoms with van der Waals surface area (Å²) >= 11 is 5.44. The molecule has 0 amide bonds. The van der Waals surface area contributed by atoms with E-state index in [1.165, 1.54) is 12.1 Å². The van der Waals surface area contributed by atoms with E-state index >= 15 is 0 Å². The van der Waals surface area contributed by atoms with Crippen LogP contribution in [0.15, 0.2) is 24.3 Å². The molecule has 0 aliphatic rings. The summed E-state index contributed by atoms with van der Waals surface area (Å²) in [5.74, 6) is -0.0440. The molecule has 0 aliphatic heterocycles. The van der Waals surface area contributed by atoms with Crippen molar-refractivity contribution in [2.24, 2.45) is 0 Å². The van der Waals surface area contributed by atoms with Crippen LogP contribution in [0.5, 0.6) is 5.75 Å². The zero-order chi connectivity index (χ0) is 5.98. The fourth-order valence-electron chi connectivity index (χ4n) is 0.467. The van der Waals surface area contributed by atoms with E-state index in [4.69, 9.17) is 11.6 Å². The molecule has 3 heteroatoms. The van der Waals surface area contributed by atoms with Crippen molar-refractivity contribution in [2.75, 3.05) is 0 Å². The Kier molecular flexibility index (Phi) is 4.32. The quantitative estimate of drug-likeness (QED) is 0.410. The van der Waals surface area contributed by atoms with E-state index in [1.54, 1.807) is 12.1 Å². The van der Waals surface area contributed by atoms with E-state index in [0.717, 1.165) is 0 Å². The minimum Gasteiger partial charge on any atom is -0.872 e. The monoisotopic (exact) mass is 150 g/mol.